The largest absolute Gasteiger partial charge is 0.457 e. The van der Waals surface area contributed by atoms with Crippen molar-refractivity contribution >= 4 is 23.4 Å². The van der Waals surface area contributed by atoms with Crippen molar-refractivity contribution < 1.29 is 23.9 Å². The quantitative estimate of drug-likeness (QED) is 0.509. The highest BCUT2D eigenvalue weighted by Crippen LogP contribution is 2.56. The Balaban J connectivity index is 1.95. The van der Waals surface area contributed by atoms with Gasteiger partial charge in [-0.2, -0.15) is 0 Å². The summed E-state index contributed by atoms with van der Waals surface area (Å²) in [6.07, 6.45) is 7.06. The van der Waals surface area contributed by atoms with Crippen LogP contribution in [0.15, 0.2) is 65.8 Å². The minimum Gasteiger partial charge on any atom is -0.457 e. The van der Waals surface area contributed by atoms with Crippen LogP contribution >= 0.6 is 0 Å². The van der Waals surface area contributed by atoms with Crippen molar-refractivity contribution in [3.05, 3.63) is 71.3 Å². The van der Waals surface area contributed by atoms with Crippen molar-refractivity contribution in [2.75, 3.05) is 0 Å². The molecule has 0 radical (unpaired) electrons. The summed E-state index contributed by atoms with van der Waals surface area (Å²) in [5, 5.41) is 3.19. The van der Waals surface area contributed by atoms with E-state index in [0.717, 1.165) is 11.1 Å². The van der Waals surface area contributed by atoms with E-state index in [0.29, 0.717) is 18.4 Å². The zero-order valence-corrected chi connectivity index (χ0v) is 21.6. The first kappa shape index (κ1) is 25.8. The van der Waals surface area contributed by atoms with E-state index in [9.17, 15) is 19.2 Å². The van der Waals surface area contributed by atoms with Crippen molar-refractivity contribution in [3.63, 3.8) is 0 Å². The summed E-state index contributed by atoms with van der Waals surface area (Å²) in [7, 11) is 0. The molecule has 6 nitrogen and oxygen atoms in total. The zero-order valence-electron chi connectivity index (χ0n) is 21.6. The van der Waals surface area contributed by atoms with Crippen molar-refractivity contribution in [1.82, 2.24) is 5.32 Å². The van der Waals surface area contributed by atoms with Crippen LogP contribution in [-0.2, 0) is 30.3 Å². The average molecular weight is 490 g/mol. The second-order valence-electron chi connectivity index (χ2n) is 10.5. The molecule has 1 aliphatic heterocycles. The monoisotopic (exact) mass is 489 g/mol. The summed E-state index contributed by atoms with van der Waals surface area (Å²) in [6.45, 7) is 8.70. The number of amides is 1. The van der Waals surface area contributed by atoms with Gasteiger partial charge >= 0.3 is 5.97 Å². The Morgan fingerprint density at radius 1 is 1.06 bits per heavy atom. The Kier molecular flexibility index (Phi) is 7.17. The van der Waals surface area contributed by atoms with Crippen LogP contribution in [0.2, 0.25) is 0 Å². The first-order valence-corrected chi connectivity index (χ1v) is 12.7. The zero-order chi connectivity index (χ0) is 26.2. The maximum atomic E-state index is 14.1. The number of rotatable bonds is 3. The van der Waals surface area contributed by atoms with Crippen LogP contribution in [0.5, 0.6) is 0 Å². The van der Waals surface area contributed by atoms with Gasteiger partial charge < -0.3 is 10.1 Å². The maximum Gasteiger partial charge on any atom is 0.303 e. The van der Waals surface area contributed by atoms with E-state index in [-0.39, 0.29) is 35.4 Å². The van der Waals surface area contributed by atoms with Gasteiger partial charge in [-0.05, 0) is 43.9 Å². The number of ether oxygens (including phenoxy) is 1. The van der Waals surface area contributed by atoms with Gasteiger partial charge in [0.1, 0.15) is 17.3 Å². The molecular formula is C30H35NO5. The molecule has 4 rings (SSSR count). The third-order valence-electron chi connectivity index (χ3n) is 8.24. The lowest BCUT2D eigenvalue weighted by Crippen LogP contribution is -2.56. The number of Topliss-reactive ketones (excluding diaryl/α,β-unsaturated/α-hetero) is 2. The summed E-state index contributed by atoms with van der Waals surface area (Å²) in [5.41, 5.74) is 1.19. The lowest BCUT2D eigenvalue weighted by molar-refractivity contribution is -0.161. The molecule has 0 saturated carbocycles. The molecule has 1 N–H and O–H groups in total. The molecule has 3 aliphatic rings. The lowest BCUT2D eigenvalue weighted by atomic mass is 9.54. The second kappa shape index (κ2) is 10.00. The molecule has 6 heteroatoms. The van der Waals surface area contributed by atoms with E-state index < -0.39 is 29.3 Å². The summed E-state index contributed by atoms with van der Waals surface area (Å²) < 4.78 is 5.84. The number of carbonyl (C=O) groups is 4. The molecule has 36 heavy (non-hydrogen) atoms. The highest BCUT2D eigenvalue weighted by atomic mass is 16.5. The van der Waals surface area contributed by atoms with Gasteiger partial charge in [-0.3, -0.25) is 19.2 Å². The predicted molar refractivity (Wildman–Crippen MR) is 137 cm³/mol. The standard InChI is InChI=1S/C30H35NO5/c1-17-10-9-13-23-28(34)20(4)19(3)26-24(16-22-11-7-6-8-12-22)31-29(35)30(23,26)25(36-21(5)32)15-14-18(2)27(17)33/h6-9,11-15,17-18,23-26H,10,16H2,1-5H3,(H,31,35)/b13-9+,15-14+/t17-,18-,23-,24-,25+,26-,30+/m0/s1. The summed E-state index contributed by atoms with van der Waals surface area (Å²) in [5.74, 6) is -2.78. The van der Waals surface area contributed by atoms with E-state index in [2.05, 4.69) is 5.32 Å². The van der Waals surface area contributed by atoms with Crippen LogP contribution in [0.1, 0.15) is 46.6 Å². The molecule has 7 atom stereocenters. The lowest BCUT2D eigenvalue weighted by Gasteiger charge is -2.46. The molecule has 1 aromatic rings. The third-order valence-corrected chi connectivity index (χ3v) is 8.24. The minimum absolute atomic E-state index is 0.0611. The number of carbonyl (C=O) groups excluding carboxylic acids is 4. The first-order chi connectivity index (χ1) is 17.1. The number of ketones is 2. The smallest absolute Gasteiger partial charge is 0.303 e. The minimum atomic E-state index is -1.35. The molecule has 1 saturated heterocycles. The fourth-order valence-corrected chi connectivity index (χ4v) is 6.31. The third kappa shape index (κ3) is 4.27. The average Bonchev–Trinajstić information content (AvgIpc) is 3.13. The molecule has 0 bridgehead atoms. The molecule has 1 aromatic carbocycles. The molecule has 2 aliphatic carbocycles. The van der Waals surface area contributed by atoms with Gasteiger partial charge in [0.15, 0.2) is 5.78 Å². The first-order valence-electron chi connectivity index (χ1n) is 12.7. The summed E-state index contributed by atoms with van der Waals surface area (Å²) in [4.78, 5) is 53.1. The Morgan fingerprint density at radius 3 is 2.42 bits per heavy atom. The topological polar surface area (TPSA) is 89.5 Å². The summed E-state index contributed by atoms with van der Waals surface area (Å²) in [6, 6.07) is 9.62. The van der Waals surface area contributed by atoms with Crippen LogP contribution in [0, 0.1) is 29.1 Å². The number of hydrogen-bond donors (Lipinski definition) is 1. The molecular weight excluding hydrogens is 454 g/mol. The molecule has 1 spiro atoms. The van der Waals surface area contributed by atoms with Crippen molar-refractivity contribution in [2.24, 2.45) is 29.1 Å². The molecule has 190 valence electrons. The predicted octanol–water partition coefficient (Wildman–Crippen LogP) is 4.15. The number of hydrogen-bond acceptors (Lipinski definition) is 5. The van der Waals surface area contributed by atoms with Gasteiger partial charge in [-0.25, -0.2) is 0 Å². The van der Waals surface area contributed by atoms with Crippen molar-refractivity contribution in [3.8, 4) is 0 Å². The highest BCUT2D eigenvalue weighted by molar-refractivity contribution is 6.06. The van der Waals surface area contributed by atoms with E-state index >= 15 is 0 Å². The summed E-state index contributed by atoms with van der Waals surface area (Å²) >= 11 is 0. The van der Waals surface area contributed by atoms with Crippen molar-refractivity contribution in [2.45, 2.75) is 59.6 Å². The van der Waals surface area contributed by atoms with Gasteiger partial charge in [0.2, 0.25) is 5.91 Å². The Morgan fingerprint density at radius 2 is 1.75 bits per heavy atom. The number of benzene rings is 1. The SMILES string of the molecule is CC(=O)O[C@@H]1/C=C/[C@H](C)C(=O)[C@@H](C)C/C=C/[C@H]2C(=O)C(C)=C(C)[C@H]3[C@H](Cc4ccccc4)NC(=O)[C@@]123. The van der Waals surface area contributed by atoms with Gasteiger partial charge in [0.05, 0.1) is 5.92 Å². The fraction of sp³-hybridized carbons (Fsp3) is 0.467. The van der Waals surface area contributed by atoms with E-state index in [1.165, 1.54) is 6.92 Å². The maximum absolute atomic E-state index is 14.1. The second-order valence-corrected chi connectivity index (χ2v) is 10.5. The number of esters is 1. The van der Waals surface area contributed by atoms with Gasteiger partial charge in [-0.1, -0.05) is 68.0 Å². The van der Waals surface area contributed by atoms with E-state index in [1.807, 2.05) is 64.1 Å². The van der Waals surface area contributed by atoms with Gasteiger partial charge in [0, 0.05) is 30.7 Å². The van der Waals surface area contributed by atoms with E-state index in [4.69, 9.17) is 4.74 Å². The number of nitrogens with one attached hydrogen (secondary N) is 1. The molecule has 1 fully saturated rings. The Hall–Kier alpha value is -3.28. The van der Waals surface area contributed by atoms with Crippen LogP contribution in [-0.4, -0.2) is 35.6 Å². The molecule has 1 amide bonds. The Labute approximate surface area is 212 Å². The molecule has 0 unspecified atom stereocenters. The van der Waals surface area contributed by atoms with Gasteiger partial charge in [0.25, 0.3) is 0 Å². The van der Waals surface area contributed by atoms with Crippen molar-refractivity contribution in [1.29, 1.82) is 0 Å². The van der Waals surface area contributed by atoms with Crippen LogP contribution in [0.25, 0.3) is 0 Å². The molecule has 0 aromatic heterocycles. The normalized spacial score (nSPS) is 36.3. The number of allylic oxidation sites excluding steroid dienone is 4. The van der Waals surface area contributed by atoms with E-state index in [1.54, 1.807) is 18.2 Å². The van der Waals surface area contributed by atoms with Crippen LogP contribution in [0.3, 0.4) is 0 Å². The highest BCUT2D eigenvalue weighted by Gasteiger charge is 2.67. The van der Waals surface area contributed by atoms with Crippen LogP contribution < -0.4 is 5.32 Å². The van der Waals surface area contributed by atoms with Gasteiger partial charge in [-0.15, -0.1) is 0 Å². The Bertz CT molecular complexity index is 1160. The fourth-order valence-electron chi connectivity index (χ4n) is 6.31. The molecule has 1 heterocycles. The van der Waals surface area contributed by atoms with Crippen LogP contribution in [0.4, 0.5) is 0 Å².